The molecule has 0 unspecified atom stereocenters. The van der Waals surface area contributed by atoms with Crippen molar-refractivity contribution < 1.29 is 18.7 Å². The second-order valence-corrected chi connectivity index (χ2v) is 4.90. The first-order chi connectivity index (χ1) is 8.92. The van der Waals surface area contributed by atoms with Gasteiger partial charge in [-0.05, 0) is 18.6 Å². The molecule has 1 aliphatic heterocycles. The highest BCUT2D eigenvalue weighted by atomic mass is 19.2. The fourth-order valence-electron chi connectivity index (χ4n) is 2.10. The summed E-state index contributed by atoms with van der Waals surface area (Å²) in [4.78, 5) is 13.5. The lowest BCUT2D eigenvalue weighted by Crippen LogP contribution is -2.62. The highest BCUT2D eigenvalue weighted by molar-refractivity contribution is 5.92. The predicted octanol–water partition coefficient (Wildman–Crippen LogP) is 1.36. The Morgan fingerprint density at radius 2 is 2.11 bits per heavy atom. The maximum Gasteiger partial charge on any atom is 0.238 e. The quantitative estimate of drug-likeness (QED) is 0.868. The van der Waals surface area contributed by atoms with Crippen LogP contribution in [0.1, 0.15) is 13.3 Å². The van der Waals surface area contributed by atoms with E-state index in [0.717, 1.165) is 12.1 Å². The zero-order valence-electron chi connectivity index (χ0n) is 10.6. The molecule has 0 atom stereocenters. The van der Waals surface area contributed by atoms with Crippen LogP contribution in [0.25, 0.3) is 0 Å². The minimum atomic E-state index is -0.998. The van der Waals surface area contributed by atoms with E-state index < -0.39 is 17.2 Å². The summed E-state index contributed by atoms with van der Waals surface area (Å²) in [7, 11) is 0. The Bertz CT molecular complexity index is 488. The molecule has 1 aromatic carbocycles. The summed E-state index contributed by atoms with van der Waals surface area (Å²) in [5.74, 6) is -2.26. The molecule has 0 saturated carbocycles. The molecule has 19 heavy (non-hydrogen) atoms. The van der Waals surface area contributed by atoms with Gasteiger partial charge in [0.15, 0.2) is 11.6 Å². The Kier molecular flexibility index (Phi) is 3.82. The zero-order valence-corrected chi connectivity index (χ0v) is 10.6. The first kappa shape index (κ1) is 13.9. The molecule has 0 aromatic heterocycles. The van der Waals surface area contributed by atoms with Crippen LogP contribution in [-0.4, -0.2) is 41.1 Å². The van der Waals surface area contributed by atoms with E-state index in [1.54, 1.807) is 4.90 Å². The smallest absolute Gasteiger partial charge is 0.238 e. The van der Waals surface area contributed by atoms with E-state index in [2.05, 4.69) is 5.32 Å². The van der Waals surface area contributed by atoms with Crippen LogP contribution in [0.15, 0.2) is 18.2 Å². The van der Waals surface area contributed by atoms with Crippen molar-refractivity contribution in [2.45, 2.75) is 18.9 Å². The van der Waals surface area contributed by atoms with E-state index in [1.807, 2.05) is 6.92 Å². The lowest BCUT2D eigenvalue weighted by atomic mass is 9.91. The number of hydrogen-bond donors (Lipinski definition) is 2. The Hall–Kier alpha value is -1.53. The molecule has 1 fully saturated rings. The third-order valence-corrected chi connectivity index (χ3v) is 3.26. The lowest BCUT2D eigenvalue weighted by molar-refractivity contribution is -0.128. The lowest BCUT2D eigenvalue weighted by Gasteiger charge is -2.45. The fourth-order valence-corrected chi connectivity index (χ4v) is 2.10. The number of hydrogen-bond acceptors (Lipinski definition) is 3. The van der Waals surface area contributed by atoms with E-state index >= 15 is 0 Å². The maximum absolute atomic E-state index is 12.9. The van der Waals surface area contributed by atoms with E-state index in [9.17, 15) is 18.7 Å². The first-order valence-electron chi connectivity index (χ1n) is 6.11. The summed E-state index contributed by atoms with van der Waals surface area (Å²) in [6.07, 6.45) is 0.647. The van der Waals surface area contributed by atoms with Crippen LogP contribution in [0, 0.1) is 11.6 Å². The number of carbonyl (C=O) groups excluding carboxylic acids is 1. The topological polar surface area (TPSA) is 52.6 Å². The van der Waals surface area contributed by atoms with Gasteiger partial charge in [-0.1, -0.05) is 6.92 Å². The Morgan fingerprint density at radius 1 is 1.42 bits per heavy atom. The van der Waals surface area contributed by atoms with Crippen LogP contribution < -0.4 is 5.32 Å². The number of β-amino-alcohol motifs (C(OH)–C–C–N with tert-alkyl or cyclic N) is 1. The molecule has 0 spiro atoms. The molecule has 6 heteroatoms. The van der Waals surface area contributed by atoms with Gasteiger partial charge in [-0.2, -0.15) is 0 Å². The summed E-state index contributed by atoms with van der Waals surface area (Å²) < 4.78 is 25.7. The summed E-state index contributed by atoms with van der Waals surface area (Å²) >= 11 is 0. The molecule has 1 aliphatic rings. The molecule has 104 valence electrons. The van der Waals surface area contributed by atoms with Gasteiger partial charge in [-0.15, -0.1) is 0 Å². The molecule has 0 bridgehead atoms. The minimum Gasteiger partial charge on any atom is -0.387 e. The second kappa shape index (κ2) is 5.22. The van der Waals surface area contributed by atoms with Crippen LogP contribution in [-0.2, 0) is 4.79 Å². The molecule has 4 nitrogen and oxygen atoms in total. The monoisotopic (exact) mass is 270 g/mol. The van der Waals surface area contributed by atoms with Gasteiger partial charge in [0, 0.05) is 24.8 Å². The van der Waals surface area contributed by atoms with Crippen molar-refractivity contribution in [3.8, 4) is 0 Å². The molecule has 2 rings (SSSR count). The average molecular weight is 270 g/mol. The van der Waals surface area contributed by atoms with Crippen molar-refractivity contribution in [2.24, 2.45) is 0 Å². The van der Waals surface area contributed by atoms with Crippen molar-refractivity contribution >= 4 is 11.6 Å². The van der Waals surface area contributed by atoms with Crippen molar-refractivity contribution in [3.05, 3.63) is 29.8 Å². The minimum absolute atomic E-state index is 0.126. The molecule has 1 aromatic rings. The van der Waals surface area contributed by atoms with Gasteiger partial charge in [-0.25, -0.2) is 8.78 Å². The summed E-state index contributed by atoms with van der Waals surface area (Å²) in [5.41, 5.74) is -0.474. The molecule has 1 heterocycles. The fraction of sp³-hybridized carbons (Fsp3) is 0.462. The molecular formula is C13H16F2N2O2. The summed E-state index contributed by atoms with van der Waals surface area (Å²) in [5, 5.41) is 12.3. The SMILES string of the molecule is CCC1(O)CN(CC(=O)Nc2ccc(F)c(F)c2)C1. The largest absolute Gasteiger partial charge is 0.387 e. The first-order valence-corrected chi connectivity index (χ1v) is 6.11. The van der Waals surface area contributed by atoms with Crippen LogP contribution in [0.3, 0.4) is 0 Å². The summed E-state index contributed by atoms with van der Waals surface area (Å²) in [6, 6.07) is 3.20. The Labute approximate surface area is 110 Å². The molecule has 0 radical (unpaired) electrons. The third-order valence-electron chi connectivity index (χ3n) is 3.26. The van der Waals surface area contributed by atoms with Gasteiger partial charge in [0.1, 0.15) is 0 Å². The maximum atomic E-state index is 12.9. The molecule has 1 amide bonds. The number of benzene rings is 1. The highest BCUT2D eigenvalue weighted by Crippen LogP contribution is 2.23. The third kappa shape index (κ3) is 3.27. The van der Waals surface area contributed by atoms with Gasteiger partial charge in [0.2, 0.25) is 5.91 Å². The number of nitrogens with one attached hydrogen (secondary N) is 1. The molecule has 1 saturated heterocycles. The van der Waals surface area contributed by atoms with Crippen LogP contribution in [0.5, 0.6) is 0 Å². The second-order valence-electron chi connectivity index (χ2n) is 4.90. The highest BCUT2D eigenvalue weighted by Gasteiger charge is 2.39. The number of carbonyl (C=O) groups is 1. The van der Waals surface area contributed by atoms with E-state index in [1.165, 1.54) is 6.07 Å². The van der Waals surface area contributed by atoms with Crippen molar-refractivity contribution in [1.29, 1.82) is 0 Å². The number of amides is 1. The Morgan fingerprint density at radius 3 is 2.68 bits per heavy atom. The van der Waals surface area contributed by atoms with Gasteiger partial charge < -0.3 is 10.4 Å². The number of anilines is 1. The van der Waals surface area contributed by atoms with Gasteiger partial charge in [-0.3, -0.25) is 9.69 Å². The van der Waals surface area contributed by atoms with Crippen LogP contribution >= 0.6 is 0 Å². The van der Waals surface area contributed by atoms with Crippen LogP contribution in [0.4, 0.5) is 14.5 Å². The summed E-state index contributed by atoms with van der Waals surface area (Å²) in [6.45, 7) is 2.92. The van der Waals surface area contributed by atoms with Crippen molar-refractivity contribution in [1.82, 2.24) is 4.90 Å². The number of rotatable bonds is 4. The predicted molar refractivity (Wildman–Crippen MR) is 66.7 cm³/mol. The number of nitrogens with zero attached hydrogens (tertiary/aromatic N) is 1. The van der Waals surface area contributed by atoms with E-state index in [4.69, 9.17) is 0 Å². The van der Waals surface area contributed by atoms with Crippen molar-refractivity contribution in [3.63, 3.8) is 0 Å². The normalized spacial score (nSPS) is 17.9. The zero-order chi connectivity index (χ0) is 14.0. The molecule has 2 N–H and O–H groups in total. The van der Waals surface area contributed by atoms with E-state index in [0.29, 0.717) is 19.5 Å². The standard InChI is InChI=1S/C13H16F2N2O2/c1-2-13(19)7-17(8-13)6-12(18)16-9-3-4-10(14)11(15)5-9/h3-5,19H,2,6-8H2,1H3,(H,16,18). The van der Waals surface area contributed by atoms with E-state index in [-0.39, 0.29) is 18.1 Å². The molecular weight excluding hydrogens is 254 g/mol. The molecule has 0 aliphatic carbocycles. The number of aliphatic hydroxyl groups is 1. The Balaban J connectivity index is 1.84. The van der Waals surface area contributed by atoms with Gasteiger partial charge >= 0.3 is 0 Å². The van der Waals surface area contributed by atoms with Gasteiger partial charge in [0.05, 0.1) is 12.1 Å². The number of likely N-dealkylation sites (tertiary alicyclic amines) is 1. The number of halogens is 2. The van der Waals surface area contributed by atoms with Crippen molar-refractivity contribution in [2.75, 3.05) is 25.0 Å². The van der Waals surface area contributed by atoms with Crippen LogP contribution in [0.2, 0.25) is 0 Å². The van der Waals surface area contributed by atoms with Gasteiger partial charge in [0.25, 0.3) is 0 Å². The average Bonchev–Trinajstić information content (AvgIpc) is 2.31.